The highest BCUT2D eigenvalue weighted by atomic mass is 19.4. The molecule has 2 fully saturated rings. The summed E-state index contributed by atoms with van der Waals surface area (Å²) >= 11 is 0. The molecule has 0 spiro atoms. The Morgan fingerprint density at radius 1 is 1.30 bits per heavy atom. The van der Waals surface area contributed by atoms with Crippen molar-refractivity contribution in [1.82, 2.24) is 14.9 Å². The summed E-state index contributed by atoms with van der Waals surface area (Å²) in [7, 11) is 0. The van der Waals surface area contributed by atoms with E-state index in [4.69, 9.17) is 4.74 Å². The summed E-state index contributed by atoms with van der Waals surface area (Å²) in [6.45, 7) is 5.26. The second-order valence-electron chi connectivity index (χ2n) is 6.66. The SMILES string of the molecule is CCC1(CN2CCC(Oc3ccnc(C(F)(F)F)n3)CC2)CC1. The monoisotopic (exact) mass is 329 g/mol. The van der Waals surface area contributed by atoms with Gasteiger partial charge in [0.15, 0.2) is 0 Å². The molecule has 3 rings (SSSR count). The predicted molar refractivity (Wildman–Crippen MR) is 79.1 cm³/mol. The first-order valence-corrected chi connectivity index (χ1v) is 8.19. The molecular formula is C16H22F3N3O. The van der Waals surface area contributed by atoms with Gasteiger partial charge in [0.2, 0.25) is 11.7 Å². The lowest BCUT2D eigenvalue weighted by Crippen LogP contribution is -2.41. The normalized spacial score (nSPS) is 22.1. The molecule has 2 aliphatic rings. The number of hydrogen-bond donors (Lipinski definition) is 0. The van der Waals surface area contributed by atoms with Crippen molar-refractivity contribution >= 4 is 0 Å². The second kappa shape index (κ2) is 6.26. The van der Waals surface area contributed by atoms with E-state index < -0.39 is 12.0 Å². The van der Waals surface area contributed by atoms with Crippen LogP contribution >= 0.6 is 0 Å². The Morgan fingerprint density at radius 3 is 2.57 bits per heavy atom. The first-order valence-electron chi connectivity index (χ1n) is 8.19. The van der Waals surface area contributed by atoms with E-state index in [2.05, 4.69) is 21.8 Å². The van der Waals surface area contributed by atoms with Gasteiger partial charge in [-0.25, -0.2) is 4.98 Å². The molecule has 23 heavy (non-hydrogen) atoms. The van der Waals surface area contributed by atoms with E-state index in [-0.39, 0.29) is 12.0 Å². The van der Waals surface area contributed by atoms with Crippen LogP contribution in [0.25, 0.3) is 0 Å². The van der Waals surface area contributed by atoms with Crippen LogP contribution in [0.3, 0.4) is 0 Å². The summed E-state index contributed by atoms with van der Waals surface area (Å²) in [6.07, 6.45) is 2.00. The molecule has 1 aliphatic heterocycles. The van der Waals surface area contributed by atoms with E-state index in [0.717, 1.165) is 38.7 Å². The van der Waals surface area contributed by atoms with Crippen LogP contribution in [0, 0.1) is 5.41 Å². The Morgan fingerprint density at radius 2 is 2.00 bits per heavy atom. The fourth-order valence-corrected chi connectivity index (χ4v) is 3.17. The van der Waals surface area contributed by atoms with Crippen LogP contribution in [0.1, 0.15) is 44.9 Å². The second-order valence-corrected chi connectivity index (χ2v) is 6.66. The lowest BCUT2D eigenvalue weighted by atomic mass is 10.0. The van der Waals surface area contributed by atoms with Gasteiger partial charge < -0.3 is 9.64 Å². The molecule has 1 saturated heterocycles. The zero-order valence-corrected chi connectivity index (χ0v) is 13.3. The number of rotatable bonds is 5. The van der Waals surface area contributed by atoms with Crippen molar-refractivity contribution in [2.24, 2.45) is 5.41 Å². The first kappa shape index (κ1) is 16.5. The van der Waals surface area contributed by atoms with Gasteiger partial charge in [0, 0.05) is 31.9 Å². The summed E-state index contributed by atoms with van der Waals surface area (Å²) in [5.41, 5.74) is 0.530. The van der Waals surface area contributed by atoms with Gasteiger partial charge in [0.1, 0.15) is 6.10 Å². The molecule has 0 radical (unpaired) electrons. The van der Waals surface area contributed by atoms with Gasteiger partial charge in [-0.3, -0.25) is 0 Å². The fraction of sp³-hybridized carbons (Fsp3) is 0.750. The molecule has 1 aromatic heterocycles. The van der Waals surface area contributed by atoms with Gasteiger partial charge >= 0.3 is 6.18 Å². The lowest BCUT2D eigenvalue weighted by Gasteiger charge is -2.34. The third kappa shape index (κ3) is 4.13. The average Bonchev–Trinajstić information content (AvgIpc) is 3.29. The number of halogens is 3. The number of alkyl halides is 3. The molecule has 128 valence electrons. The highest BCUT2D eigenvalue weighted by molar-refractivity contribution is 5.10. The van der Waals surface area contributed by atoms with Crippen molar-refractivity contribution in [1.29, 1.82) is 0 Å². The molecule has 0 aromatic carbocycles. The Balaban J connectivity index is 1.51. The molecule has 0 unspecified atom stereocenters. The minimum atomic E-state index is -4.54. The molecule has 0 bridgehead atoms. The molecule has 7 heteroatoms. The fourth-order valence-electron chi connectivity index (χ4n) is 3.17. The van der Waals surface area contributed by atoms with Crippen LogP contribution in [-0.2, 0) is 6.18 Å². The lowest BCUT2D eigenvalue weighted by molar-refractivity contribution is -0.145. The Bertz CT molecular complexity index is 538. The van der Waals surface area contributed by atoms with Crippen molar-refractivity contribution in [3.8, 4) is 5.88 Å². The third-order valence-electron chi connectivity index (χ3n) is 4.97. The smallest absolute Gasteiger partial charge is 0.451 e. The van der Waals surface area contributed by atoms with Crippen LogP contribution < -0.4 is 4.74 Å². The Hall–Kier alpha value is -1.37. The first-order chi connectivity index (χ1) is 10.9. The zero-order valence-electron chi connectivity index (χ0n) is 13.3. The number of aromatic nitrogens is 2. The number of ether oxygens (including phenoxy) is 1. The van der Waals surface area contributed by atoms with Crippen LogP contribution in [-0.4, -0.2) is 40.6 Å². The maximum atomic E-state index is 12.6. The molecular weight excluding hydrogens is 307 g/mol. The summed E-state index contributed by atoms with van der Waals surface area (Å²) < 4.78 is 43.5. The number of nitrogens with zero attached hydrogens (tertiary/aromatic N) is 3. The molecule has 1 aromatic rings. The highest BCUT2D eigenvalue weighted by Gasteiger charge is 2.42. The number of piperidine rings is 1. The van der Waals surface area contributed by atoms with Gasteiger partial charge in [-0.1, -0.05) is 6.92 Å². The standard InChI is InChI=1S/C16H22F3N3O/c1-2-15(6-7-15)11-22-9-4-12(5-10-22)23-13-3-8-20-14(21-13)16(17,18)19/h3,8,12H,2,4-7,9-11H2,1H3. The van der Waals surface area contributed by atoms with Crippen LogP contribution in [0.2, 0.25) is 0 Å². The van der Waals surface area contributed by atoms with Gasteiger partial charge in [0.25, 0.3) is 0 Å². The van der Waals surface area contributed by atoms with E-state index in [1.54, 1.807) is 0 Å². The van der Waals surface area contributed by atoms with Crippen molar-refractivity contribution in [2.75, 3.05) is 19.6 Å². The molecule has 0 amide bonds. The minimum absolute atomic E-state index is 0.0120. The summed E-state index contributed by atoms with van der Waals surface area (Å²) in [4.78, 5) is 9.17. The van der Waals surface area contributed by atoms with Crippen LogP contribution in [0.15, 0.2) is 12.3 Å². The number of likely N-dealkylation sites (tertiary alicyclic amines) is 1. The molecule has 1 saturated carbocycles. The van der Waals surface area contributed by atoms with Crippen molar-refractivity contribution in [3.05, 3.63) is 18.1 Å². The molecule has 1 aliphatic carbocycles. The van der Waals surface area contributed by atoms with Gasteiger partial charge in [-0.2, -0.15) is 18.2 Å². The molecule has 0 atom stereocenters. The van der Waals surface area contributed by atoms with Gasteiger partial charge in [0.05, 0.1) is 0 Å². The third-order valence-corrected chi connectivity index (χ3v) is 4.97. The van der Waals surface area contributed by atoms with Gasteiger partial charge in [-0.05, 0) is 37.5 Å². The molecule has 2 heterocycles. The maximum absolute atomic E-state index is 12.6. The summed E-state index contributed by atoms with van der Waals surface area (Å²) in [6, 6.07) is 1.39. The van der Waals surface area contributed by atoms with Crippen molar-refractivity contribution < 1.29 is 17.9 Å². The van der Waals surface area contributed by atoms with Crippen LogP contribution in [0.5, 0.6) is 5.88 Å². The van der Waals surface area contributed by atoms with Gasteiger partial charge in [-0.15, -0.1) is 0 Å². The Labute approximate surface area is 134 Å². The van der Waals surface area contributed by atoms with E-state index in [9.17, 15) is 13.2 Å². The summed E-state index contributed by atoms with van der Waals surface area (Å²) in [5, 5.41) is 0. The van der Waals surface area contributed by atoms with Crippen molar-refractivity contribution in [3.63, 3.8) is 0 Å². The largest absolute Gasteiger partial charge is 0.474 e. The zero-order chi connectivity index (χ0) is 16.5. The topological polar surface area (TPSA) is 38.2 Å². The average molecular weight is 329 g/mol. The minimum Gasteiger partial charge on any atom is -0.474 e. The van der Waals surface area contributed by atoms with E-state index in [0.29, 0.717) is 5.41 Å². The predicted octanol–water partition coefficient (Wildman–Crippen LogP) is 3.53. The van der Waals surface area contributed by atoms with Crippen molar-refractivity contribution in [2.45, 2.75) is 51.3 Å². The number of hydrogen-bond acceptors (Lipinski definition) is 4. The maximum Gasteiger partial charge on any atom is 0.451 e. The molecule has 4 nitrogen and oxygen atoms in total. The highest BCUT2D eigenvalue weighted by Crippen LogP contribution is 2.49. The van der Waals surface area contributed by atoms with E-state index in [1.165, 1.54) is 25.3 Å². The quantitative estimate of drug-likeness (QED) is 0.828. The Kier molecular flexibility index (Phi) is 4.49. The molecule has 0 N–H and O–H groups in total. The summed E-state index contributed by atoms with van der Waals surface area (Å²) in [5.74, 6) is -1.14. The van der Waals surface area contributed by atoms with E-state index >= 15 is 0 Å². The van der Waals surface area contributed by atoms with Crippen LogP contribution in [0.4, 0.5) is 13.2 Å². The van der Waals surface area contributed by atoms with E-state index in [1.807, 2.05) is 0 Å².